The van der Waals surface area contributed by atoms with Crippen LogP contribution in [0.3, 0.4) is 0 Å². The molecule has 1 saturated heterocycles. The first kappa shape index (κ1) is 24.7. The summed E-state index contributed by atoms with van der Waals surface area (Å²) in [5.41, 5.74) is 2.05. The molecule has 7 nitrogen and oxygen atoms in total. The molecule has 3 N–H and O–H groups in total. The number of pyridine rings is 1. The Morgan fingerprint density at radius 2 is 1.66 bits per heavy atom. The number of aliphatic hydroxyl groups is 1. The highest BCUT2D eigenvalue weighted by atomic mass is 35.5. The lowest BCUT2D eigenvalue weighted by atomic mass is 9.88. The van der Waals surface area contributed by atoms with Gasteiger partial charge in [-0.15, -0.1) is 0 Å². The number of halogens is 1. The van der Waals surface area contributed by atoms with Crippen molar-refractivity contribution < 1.29 is 5.11 Å². The predicted octanol–water partition coefficient (Wildman–Crippen LogP) is 5.89. The van der Waals surface area contributed by atoms with E-state index >= 15 is 0 Å². The van der Waals surface area contributed by atoms with Crippen molar-refractivity contribution >= 4 is 29.1 Å². The van der Waals surface area contributed by atoms with Crippen LogP contribution in [0, 0.1) is 0 Å². The monoisotopic (exact) mass is 498 g/mol. The average molecular weight is 499 g/mol. The molecule has 2 saturated carbocycles. The zero-order valence-corrected chi connectivity index (χ0v) is 21.4. The van der Waals surface area contributed by atoms with E-state index in [0.29, 0.717) is 23.1 Å². The summed E-state index contributed by atoms with van der Waals surface area (Å²) in [6.45, 7) is 2.33. The Labute approximate surface area is 214 Å². The molecule has 2 aliphatic carbocycles. The van der Waals surface area contributed by atoms with Crippen LogP contribution in [0.5, 0.6) is 0 Å². The fourth-order valence-corrected chi connectivity index (χ4v) is 6.26. The van der Waals surface area contributed by atoms with Crippen LogP contribution < -0.4 is 10.6 Å². The summed E-state index contributed by atoms with van der Waals surface area (Å²) >= 11 is 6.06. The largest absolute Gasteiger partial charge is 0.393 e. The molecule has 3 fully saturated rings. The normalized spacial score (nSPS) is 25.2. The number of anilines is 3. The lowest BCUT2D eigenvalue weighted by molar-refractivity contribution is 0.126. The second-order valence-electron chi connectivity index (χ2n) is 10.6. The van der Waals surface area contributed by atoms with Gasteiger partial charge in [0.2, 0.25) is 5.95 Å². The number of likely N-dealkylation sites (tertiary alicyclic amines) is 1. The van der Waals surface area contributed by atoms with Crippen LogP contribution >= 0.6 is 11.6 Å². The minimum Gasteiger partial charge on any atom is -0.393 e. The summed E-state index contributed by atoms with van der Waals surface area (Å²) in [5, 5.41) is 17.4. The van der Waals surface area contributed by atoms with Gasteiger partial charge in [-0.2, -0.15) is 4.98 Å². The molecule has 0 atom stereocenters. The number of hydrogen-bond acceptors (Lipinski definition) is 7. The molecule has 5 rings (SSSR count). The van der Waals surface area contributed by atoms with E-state index in [1.807, 2.05) is 12.3 Å². The number of aliphatic hydroxyl groups excluding tert-OH is 1. The van der Waals surface area contributed by atoms with Gasteiger partial charge in [0, 0.05) is 35.7 Å². The third-order valence-corrected chi connectivity index (χ3v) is 8.35. The second-order valence-corrected chi connectivity index (χ2v) is 11.0. The Kier molecular flexibility index (Phi) is 8.37. The molecule has 0 bridgehead atoms. The molecule has 3 aliphatic rings. The first-order chi connectivity index (χ1) is 17.1. The van der Waals surface area contributed by atoms with Crippen molar-refractivity contribution in [3.05, 3.63) is 35.2 Å². The fourth-order valence-electron chi connectivity index (χ4n) is 6.09. The lowest BCUT2D eigenvalue weighted by Crippen LogP contribution is -2.41. The van der Waals surface area contributed by atoms with Crippen LogP contribution in [0.2, 0.25) is 5.15 Å². The SMILES string of the molecule is OC1CCC(Nc2nc(Nc3ccnc(Cl)c3)ncc2C2CCN(C3CCCCCC3)CC2)CC1. The van der Waals surface area contributed by atoms with Crippen molar-refractivity contribution in [3.8, 4) is 0 Å². The average Bonchev–Trinajstić information content (AvgIpc) is 3.16. The van der Waals surface area contributed by atoms with Gasteiger partial charge in [-0.3, -0.25) is 0 Å². The van der Waals surface area contributed by atoms with Gasteiger partial charge in [-0.05, 0) is 82.5 Å². The van der Waals surface area contributed by atoms with Crippen molar-refractivity contribution in [1.82, 2.24) is 19.9 Å². The first-order valence-corrected chi connectivity index (χ1v) is 14.0. The summed E-state index contributed by atoms with van der Waals surface area (Å²) in [5.74, 6) is 1.97. The molecule has 2 aromatic rings. The summed E-state index contributed by atoms with van der Waals surface area (Å²) < 4.78 is 0. The van der Waals surface area contributed by atoms with Crippen molar-refractivity contribution in [1.29, 1.82) is 0 Å². The number of rotatable bonds is 6. The van der Waals surface area contributed by atoms with E-state index in [9.17, 15) is 5.11 Å². The number of nitrogens with zero attached hydrogens (tertiary/aromatic N) is 4. The first-order valence-electron chi connectivity index (χ1n) is 13.6. The predicted molar refractivity (Wildman–Crippen MR) is 141 cm³/mol. The van der Waals surface area contributed by atoms with E-state index in [1.165, 1.54) is 57.2 Å². The zero-order valence-electron chi connectivity index (χ0n) is 20.6. The Morgan fingerprint density at radius 3 is 2.37 bits per heavy atom. The number of hydrogen-bond donors (Lipinski definition) is 3. The van der Waals surface area contributed by atoms with E-state index < -0.39 is 0 Å². The molecule has 0 unspecified atom stereocenters. The molecule has 35 heavy (non-hydrogen) atoms. The van der Waals surface area contributed by atoms with Gasteiger partial charge in [0.1, 0.15) is 11.0 Å². The maximum absolute atomic E-state index is 9.95. The number of piperidine rings is 1. The quantitative estimate of drug-likeness (QED) is 0.338. The third-order valence-electron chi connectivity index (χ3n) is 8.15. The topological polar surface area (TPSA) is 86.2 Å². The smallest absolute Gasteiger partial charge is 0.229 e. The Morgan fingerprint density at radius 1 is 0.914 bits per heavy atom. The van der Waals surface area contributed by atoms with Crippen LogP contribution in [-0.4, -0.2) is 56.2 Å². The van der Waals surface area contributed by atoms with Gasteiger partial charge in [-0.1, -0.05) is 37.3 Å². The molecule has 2 aromatic heterocycles. The van der Waals surface area contributed by atoms with Crippen molar-refractivity contribution in [3.63, 3.8) is 0 Å². The lowest BCUT2D eigenvalue weighted by Gasteiger charge is -2.38. The second kappa shape index (κ2) is 11.8. The van der Waals surface area contributed by atoms with Gasteiger partial charge in [-0.25, -0.2) is 9.97 Å². The molecule has 0 spiro atoms. The number of aromatic nitrogens is 3. The van der Waals surface area contributed by atoms with E-state index in [0.717, 1.165) is 56.1 Å². The number of nitrogens with one attached hydrogen (secondary N) is 2. The fraction of sp³-hybridized carbons (Fsp3) is 0.667. The third kappa shape index (κ3) is 6.63. The van der Waals surface area contributed by atoms with Crippen LogP contribution in [-0.2, 0) is 0 Å². The van der Waals surface area contributed by atoms with E-state index in [-0.39, 0.29) is 6.10 Å². The zero-order chi connectivity index (χ0) is 24.0. The standard InChI is InChI=1S/C27H39ClN6O/c28-25-17-21(11-14-29-25)32-27-30-18-24(26(33-27)31-20-7-9-23(35)10-8-20)19-12-15-34(16-13-19)22-5-3-1-2-4-6-22/h11,14,17-20,22-23,35H,1-10,12-13,15-16H2,(H2,29,30,31,32,33). The van der Waals surface area contributed by atoms with E-state index in [4.69, 9.17) is 16.6 Å². The van der Waals surface area contributed by atoms with Crippen LogP contribution in [0.1, 0.15) is 88.5 Å². The minimum atomic E-state index is -0.167. The van der Waals surface area contributed by atoms with Gasteiger partial charge in [0.05, 0.1) is 6.10 Å². The molecule has 1 aliphatic heterocycles. The maximum atomic E-state index is 9.95. The Hall–Kier alpha value is -1.96. The maximum Gasteiger partial charge on any atom is 0.229 e. The Balaban J connectivity index is 1.30. The van der Waals surface area contributed by atoms with E-state index in [1.54, 1.807) is 12.3 Å². The van der Waals surface area contributed by atoms with Gasteiger partial charge in [0.15, 0.2) is 0 Å². The molecule has 0 radical (unpaired) electrons. The molecule has 0 amide bonds. The highest BCUT2D eigenvalue weighted by Gasteiger charge is 2.29. The summed E-state index contributed by atoms with van der Waals surface area (Å²) in [6, 6.07) is 4.75. The Bertz CT molecular complexity index is 950. The van der Waals surface area contributed by atoms with Crippen LogP contribution in [0.25, 0.3) is 0 Å². The van der Waals surface area contributed by atoms with Crippen LogP contribution in [0.4, 0.5) is 17.5 Å². The molecule has 190 valence electrons. The highest BCUT2D eigenvalue weighted by Crippen LogP contribution is 2.36. The molecule has 8 heteroatoms. The summed E-state index contributed by atoms with van der Waals surface area (Å²) in [7, 11) is 0. The minimum absolute atomic E-state index is 0.167. The summed E-state index contributed by atoms with van der Waals surface area (Å²) in [6.07, 6.45) is 17.8. The van der Waals surface area contributed by atoms with Crippen molar-refractivity contribution in [2.24, 2.45) is 0 Å². The molecular weight excluding hydrogens is 460 g/mol. The van der Waals surface area contributed by atoms with Crippen molar-refractivity contribution in [2.45, 2.75) is 101 Å². The van der Waals surface area contributed by atoms with Crippen LogP contribution in [0.15, 0.2) is 24.5 Å². The molecule has 3 heterocycles. The summed E-state index contributed by atoms with van der Waals surface area (Å²) in [4.78, 5) is 16.4. The highest BCUT2D eigenvalue weighted by molar-refractivity contribution is 6.29. The van der Waals surface area contributed by atoms with Gasteiger partial charge >= 0.3 is 0 Å². The molecular formula is C27H39ClN6O. The van der Waals surface area contributed by atoms with Gasteiger partial charge in [0.25, 0.3) is 0 Å². The molecule has 0 aromatic carbocycles. The van der Waals surface area contributed by atoms with Crippen molar-refractivity contribution in [2.75, 3.05) is 23.7 Å². The van der Waals surface area contributed by atoms with E-state index in [2.05, 4.69) is 25.5 Å². The van der Waals surface area contributed by atoms with Gasteiger partial charge < -0.3 is 20.6 Å².